The summed E-state index contributed by atoms with van der Waals surface area (Å²) in [7, 11) is -4.10. The predicted molar refractivity (Wildman–Crippen MR) is 147 cm³/mol. The van der Waals surface area contributed by atoms with Gasteiger partial charge in [0.05, 0.1) is 9.77 Å². The fourth-order valence-electron chi connectivity index (χ4n) is 3.97. The minimum Gasteiger partial charge on any atom is -0.459 e. The van der Waals surface area contributed by atoms with Gasteiger partial charge in [-0.25, -0.2) is 8.42 Å². The number of thiophene rings is 1. The van der Waals surface area contributed by atoms with Gasteiger partial charge < -0.3 is 15.8 Å². The molecule has 0 spiro atoms. The van der Waals surface area contributed by atoms with Crippen molar-refractivity contribution in [3.63, 3.8) is 0 Å². The lowest BCUT2D eigenvalue weighted by atomic mass is 10.1. The molecule has 1 aromatic heterocycles. The lowest BCUT2D eigenvalue weighted by molar-refractivity contribution is -0.156. The molecule has 0 bridgehead atoms. The van der Waals surface area contributed by atoms with Crippen molar-refractivity contribution in [3.8, 4) is 10.4 Å². The fraction of sp³-hybridized carbons (Fsp3) is 0.333. The molecule has 0 aliphatic heterocycles. The molecule has 8 nitrogen and oxygen atoms in total. The molecule has 198 valence electrons. The normalized spacial score (nSPS) is 12.7. The van der Waals surface area contributed by atoms with E-state index in [2.05, 4.69) is 10.0 Å². The van der Waals surface area contributed by atoms with E-state index in [4.69, 9.17) is 10.5 Å². The van der Waals surface area contributed by atoms with E-state index in [1.807, 2.05) is 31.2 Å². The van der Waals surface area contributed by atoms with Crippen LogP contribution in [0.2, 0.25) is 0 Å². The highest BCUT2D eigenvalue weighted by molar-refractivity contribution is 7.89. The maximum absolute atomic E-state index is 13.3. The highest BCUT2D eigenvalue weighted by atomic mass is 32.2. The van der Waals surface area contributed by atoms with Crippen LogP contribution in [0.5, 0.6) is 0 Å². The smallest absolute Gasteiger partial charge is 0.326 e. The van der Waals surface area contributed by atoms with Crippen molar-refractivity contribution in [3.05, 3.63) is 70.1 Å². The van der Waals surface area contributed by atoms with E-state index >= 15 is 0 Å². The van der Waals surface area contributed by atoms with Gasteiger partial charge in [0.25, 0.3) is 5.91 Å². The number of nitrogen functional groups attached to an aromatic ring is 1. The Morgan fingerprint density at radius 2 is 1.68 bits per heavy atom. The van der Waals surface area contributed by atoms with Crippen LogP contribution >= 0.6 is 11.3 Å². The second-order valence-corrected chi connectivity index (χ2v) is 12.7. The molecule has 0 aliphatic rings. The number of amides is 1. The molecule has 1 heterocycles. The van der Waals surface area contributed by atoms with Gasteiger partial charge in [-0.15, -0.1) is 11.3 Å². The van der Waals surface area contributed by atoms with Crippen LogP contribution < -0.4 is 15.8 Å². The van der Waals surface area contributed by atoms with Gasteiger partial charge in [0.1, 0.15) is 11.6 Å². The summed E-state index contributed by atoms with van der Waals surface area (Å²) in [5.74, 6) is -1.22. The Morgan fingerprint density at radius 3 is 2.27 bits per heavy atom. The van der Waals surface area contributed by atoms with Crippen molar-refractivity contribution in [1.29, 1.82) is 0 Å². The third kappa shape index (κ3) is 7.41. The molecule has 37 heavy (non-hydrogen) atoms. The number of nitrogens with one attached hydrogen (secondary N) is 2. The summed E-state index contributed by atoms with van der Waals surface area (Å²) in [6, 6.07) is 13.0. The third-order valence-electron chi connectivity index (χ3n) is 5.33. The Labute approximate surface area is 222 Å². The summed E-state index contributed by atoms with van der Waals surface area (Å²) < 4.78 is 34.6. The number of hydrogen-bond acceptors (Lipinski definition) is 7. The minimum absolute atomic E-state index is 0.100. The summed E-state index contributed by atoms with van der Waals surface area (Å²) in [6.07, 6.45) is 0. The number of sulfonamides is 1. The summed E-state index contributed by atoms with van der Waals surface area (Å²) >= 11 is 1.27. The molecule has 0 saturated carbocycles. The summed E-state index contributed by atoms with van der Waals surface area (Å²) in [5.41, 5.74) is 8.56. The van der Waals surface area contributed by atoms with Crippen molar-refractivity contribution < 1.29 is 22.7 Å². The quantitative estimate of drug-likeness (QED) is 0.286. The third-order valence-corrected chi connectivity index (χ3v) is 8.24. The predicted octanol–water partition coefficient (Wildman–Crippen LogP) is 4.34. The van der Waals surface area contributed by atoms with Crippen LogP contribution in [0.15, 0.2) is 53.4 Å². The van der Waals surface area contributed by atoms with Gasteiger partial charge in [-0.2, -0.15) is 4.72 Å². The number of benzene rings is 2. The van der Waals surface area contributed by atoms with Crippen LogP contribution in [0.1, 0.15) is 47.1 Å². The lowest BCUT2D eigenvalue weighted by Crippen LogP contribution is -2.50. The molecule has 0 aliphatic carbocycles. The van der Waals surface area contributed by atoms with Gasteiger partial charge in [-0.05, 0) is 82.5 Å². The Balaban J connectivity index is 1.82. The molecule has 1 atom stereocenters. The molecule has 3 aromatic rings. The van der Waals surface area contributed by atoms with E-state index in [0.717, 1.165) is 16.0 Å². The Bertz CT molecular complexity index is 1400. The van der Waals surface area contributed by atoms with Gasteiger partial charge >= 0.3 is 5.97 Å². The molecule has 0 fully saturated rings. The number of aryl methyl sites for hydroxylation is 3. The Morgan fingerprint density at radius 1 is 1.03 bits per heavy atom. The average Bonchev–Trinajstić information content (AvgIpc) is 3.24. The van der Waals surface area contributed by atoms with Crippen LogP contribution in [0, 0.1) is 20.8 Å². The molecule has 3 rings (SSSR count). The Hall–Kier alpha value is -3.21. The molecule has 1 unspecified atom stereocenters. The molecular formula is C27H33N3O5S2. The van der Waals surface area contributed by atoms with E-state index in [9.17, 15) is 18.0 Å². The van der Waals surface area contributed by atoms with Gasteiger partial charge in [0.2, 0.25) is 10.0 Å². The molecule has 2 aromatic carbocycles. The minimum atomic E-state index is -4.10. The van der Waals surface area contributed by atoms with E-state index in [-0.39, 0.29) is 11.4 Å². The van der Waals surface area contributed by atoms with E-state index < -0.39 is 33.5 Å². The molecule has 1 amide bonds. The molecular weight excluding hydrogens is 510 g/mol. The maximum Gasteiger partial charge on any atom is 0.326 e. The highest BCUT2D eigenvalue weighted by Crippen LogP contribution is 2.29. The summed E-state index contributed by atoms with van der Waals surface area (Å²) in [4.78, 5) is 27.2. The van der Waals surface area contributed by atoms with Crippen LogP contribution in [-0.4, -0.2) is 38.5 Å². The van der Waals surface area contributed by atoms with Crippen LogP contribution in [-0.2, 0) is 19.6 Å². The van der Waals surface area contributed by atoms with Gasteiger partial charge in [-0.1, -0.05) is 29.8 Å². The maximum atomic E-state index is 13.3. The molecule has 0 radical (unpaired) electrons. The second-order valence-electron chi connectivity index (χ2n) is 9.93. The van der Waals surface area contributed by atoms with E-state index in [1.165, 1.54) is 11.3 Å². The summed E-state index contributed by atoms with van der Waals surface area (Å²) in [5, 5.41) is 2.67. The number of carbonyl (C=O) groups excluding carboxylic acids is 2. The first-order chi connectivity index (χ1) is 17.2. The topological polar surface area (TPSA) is 128 Å². The molecule has 4 N–H and O–H groups in total. The number of anilines is 1. The summed E-state index contributed by atoms with van der Waals surface area (Å²) in [6.45, 7) is 10.1. The van der Waals surface area contributed by atoms with Crippen molar-refractivity contribution in [2.24, 2.45) is 0 Å². The number of carbonyl (C=O) groups is 2. The fourth-order valence-corrected chi connectivity index (χ4v) is 6.53. The second kappa shape index (κ2) is 11.0. The monoisotopic (exact) mass is 543 g/mol. The first-order valence-electron chi connectivity index (χ1n) is 11.7. The first kappa shape index (κ1) is 28.4. The number of hydrogen-bond donors (Lipinski definition) is 3. The first-order valence-corrected chi connectivity index (χ1v) is 14.0. The van der Waals surface area contributed by atoms with Crippen LogP contribution in [0.25, 0.3) is 10.4 Å². The molecule has 10 heteroatoms. The number of rotatable bonds is 8. The molecule has 0 saturated heterocycles. The van der Waals surface area contributed by atoms with Crippen molar-refractivity contribution in [2.75, 3.05) is 12.3 Å². The zero-order valence-corrected chi connectivity index (χ0v) is 23.5. The standard InChI is InChI=1S/C27H33N3O5S2/c1-16-12-17(2)24(18(3)13-16)37(33,34)30-21(26(32)35-27(4,5)6)15-29-25(31)23-11-10-22(36-23)19-8-7-9-20(28)14-19/h7-14,21,30H,15,28H2,1-6H3,(H,29,31). The van der Waals surface area contributed by atoms with Gasteiger partial charge in [0.15, 0.2) is 0 Å². The Kier molecular flexibility index (Phi) is 8.46. The van der Waals surface area contributed by atoms with Gasteiger partial charge in [-0.3, -0.25) is 9.59 Å². The van der Waals surface area contributed by atoms with Crippen molar-refractivity contribution >= 4 is 38.9 Å². The number of ether oxygens (including phenoxy) is 1. The van der Waals surface area contributed by atoms with E-state index in [0.29, 0.717) is 21.7 Å². The number of nitrogens with two attached hydrogens (primary N) is 1. The van der Waals surface area contributed by atoms with Crippen LogP contribution in [0.3, 0.4) is 0 Å². The van der Waals surface area contributed by atoms with Crippen molar-refractivity contribution in [2.45, 2.75) is 58.1 Å². The highest BCUT2D eigenvalue weighted by Gasteiger charge is 2.32. The van der Waals surface area contributed by atoms with Crippen LogP contribution in [0.4, 0.5) is 5.69 Å². The average molecular weight is 544 g/mol. The van der Waals surface area contributed by atoms with E-state index in [1.54, 1.807) is 58.9 Å². The zero-order chi connectivity index (χ0) is 27.5. The van der Waals surface area contributed by atoms with Gasteiger partial charge in [0, 0.05) is 17.1 Å². The van der Waals surface area contributed by atoms with Crippen molar-refractivity contribution in [1.82, 2.24) is 10.0 Å². The largest absolute Gasteiger partial charge is 0.459 e. The zero-order valence-electron chi connectivity index (χ0n) is 21.8. The lowest BCUT2D eigenvalue weighted by Gasteiger charge is -2.25. The number of esters is 1. The SMILES string of the molecule is Cc1cc(C)c(S(=O)(=O)NC(CNC(=O)c2ccc(-c3cccc(N)c3)s2)C(=O)OC(C)(C)C)c(C)c1.